The SMILES string of the molecule is Cn1c(=O)cc(-c2cccc(C#N)c2)c2cc(C(O)c3ccc(Cl)cc3)ncc21.Cn1ccnc1. The second-order valence-electron chi connectivity index (χ2n) is 7.96. The normalized spacial score (nSPS) is 11.4. The molecule has 2 aromatic carbocycles. The monoisotopic (exact) mass is 483 g/mol. The number of halogens is 1. The van der Waals surface area contributed by atoms with Crippen LogP contribution < -0.4 is 5.56 Å². The van der Waals surface area contributed by atoms with Crippen LogP contribution in [0.15, 0.2) is 90.4 Å². The smallest absolute Gasteiger partial charge is 0.251 e. The number of rotatable bonds is 3. The first-order valence-corrected chi connectivity index (χ1v) is 11.1. The molecule has 3 heterocycles. The van der Waals surface area contributed by atoms with Gasteiger partial charge in [0.05, 0.1) is 35.4 Å². The number of fused-ring (bicyclic) bond motifs is 1. The molecule has 0 bridgehead atoms. The van der Waals surface area contributed by atoms with Crippen LogP contribution in [0.25, 0.3) is 22.0 Å². The molecule has 0 amide bonds. The average Bonchev–Trinajstić information content (AvgIpc) is 3.37. The molecule has 3 aromatic heterocycles. The van der Waals surface area contributed by atoms with Crippen LogP contribution in [0.3, 0.4) is 0 Å². The molecule has 0 fully saturated rings. The van der Waals surface area contributed by atoms with Crippen molar-refractivity contribution >= 4 is 22.5 Å². The summed E-state index contributed by atoms with van der Waals surface area (Å²) in [6.45, 7) is 0. The number of nitrogens with zero attached hydrogens (tertiary/aromatic N) is 5. The van der Waals surface area contributed by atoms with Gasteiger partial charge in [-0.3, -0.25) is 9.78 Å². The Bertz CT molecular complexity index is 1570. The van der Waals surface area contributed by atoms with E-state index in [1.165, 1.54) is 10.6 Å². The molecule has 0 radical (unpaired) electrons. The summed E-state index contributed by atoms with van der Waals surface area (Å²) in [5.74, 6) is 0. The zero-order chi connectivity index (χ0) is 24.9. The van der Waals surface area contributed by atoms with Crippen molar-refractivity contribution in [3.8, 4) is 17.2 Å². The predicted molar refractivity (Wildman–Crippen MR) is 136 cm³/mol. The van der Waals surface area contributed by atoms with Gasteiger partial charge in [0.1, 0.15) is 6.10 Å². The molecule has 5 aromatic rings. The molecular weight excluding hydrogens is 462 g/mol. The lowest BCUT2D eigenvalue weighted by Crippen LogP contribution is -2.17. The zero-order valence-corrected chi connectivity index (χ0v) is 19.9. The van der Waals surface area contributed by atoms with E-state index < -0.39 is 6.10 Å². The fourth-order valence-corrected chi connectivity index (χ4v) is 3.78. The van der Waals surface area contributed by atoms with Crippen LogP contribution in [-0.4, -0.2) is 24.2 Å². The van der Waals surface area contributed by atoms with E-state index in [0.29, 0.717) is 32.9 Å². The molecule has 5 rings (SSSR count). The van der Waals surface area contributed by atoms with E-state index in [4.69, 9.17) is 11.6 Å². The van der Waals surface area contributed by atoms with Gasteiger partial charge >= 0.3 is 0 Å². The lowest BCUT2D eigenvalue weighted by atomic mass is 9.98. The van der Waals surface area contributed by atoms with Crippen LogP contribution in [-0.2, 0) is 14.1 Å². The molecule has 0 spiro atoms. The van der Waals surface area contributed by atoms with Crippen molar-refractivity contribution in [1.29, 1.82) is 5.26 Å². The second kappa shape index (κ2) is 10.3. The summed E-state index contributed by atoms with van der Waals surface area (Å²) in [6, 6.07) is 19.4. The molecule has 0 aliphatic heterocycles. The number of benzene rings is 2. The molecule has 35 heavy (non-hydrogen) atoms. The molecule has 0 saturated carbocycles. The molecule has 7 nitrogen and oxygen atoms in total. The van der Waals surface area contributed by atoms with Crippen molar-refractivity contribution in [3.05, 3.63) is 118 Å². The Labute approximate surface area is 207 Å². The number of aliphatic hydroxyl groups excluding tert-OH is 1. The van der Waals surface area contributed by atoms with Gasteiger partial charge in [0.2, 0.25) is 0 Å². The molecule has 1 unspecified atom stereocenters. The van der Waals surface area contributed by atoms with Crippen LogP contribution >= 0.6 is 11.6 Å². The van der Waals surface area contributed by atoms with Crippen molar-refractivity contribution < 1.29 is 5.11 Å². The first-order chi connectivity index (χ1) is 16.9. The van der Waals surface area contributed by atoms with Crippen LogP contribution in [0, 0.1) is 11.3 Å². The van der Waals surface area contributed by atoms with E-state index >= 15 is 0 Å². The number of hydrogen-bond donors (Lipinski definition) is 1. The third-order valence-electron chi connectivity index (χ3n) is 5.56. The van der Waals surface area contributed by atoms with Gasteiger partial charge in [-0.1, -0.05) is 35.9 Å². The highest BCUT2D eigenvalue weighted by Gasteiger charge is 2.16. The zero-order valence-electron chi connectivity index (χ0n) is 19.1. The van der Waals surface area contributed by atoms with Crippen molar-refractivity contribution in [2.24, 2.45) is 14.1 Å². The van der Waals surface area contributed by atoms with Crippen molar-refractivity contribution in [3.63, 3.8) is 0 Å². The Morgan fingerprint density at radius 3 is 2.49 bits per heavy atom. The highest BCUT2D eigenvalue weighted by Crippen LogP contribution is 2.30. The second-order valence-corrected chi connectivity index (χ2v) is 8.39. The third kappa shape index (κ3) is 5.30. The Hall–Kier alpha value is -4.25. The van der Waals surface area contributed by atoms with Crippen LogP contribution in [0.1, 0.15) is 22.9 Å². The molecule has 174 valence electrons. The van der Waals surface area contributed by atoms with Gasteiger partial charge in [-0.05, 0) is 47.0 Å². The van der Waals surface area contributed by atoms with Gasteiger partial charge < -0.3 is 14.2 Å². The van der Waals surface area contributed by atoms with Crippen molar-refractivity contribution in [1.82, 2.24) is 19.1 Å². The maximum Gasteiger partial charge on any atom is 0.251 e. The molecule has 0 saturated heterocycles. The first kappa shape index (κ1) is 23.9. The van der Waals surface area contributed by atoms with Crippen LogP contribution in [0.2, 0.25) is 5.02 Å². The summed E-state index contributed by atoms with van der Waals surface area (Å²) in [4.78, 5) is 20.6. The van der Waals surface area contributed by atoms with E-state index in [2.05, 4.69) is 16.0 Å². The summed E-state index contributed by atoms with van der Waals surface area (Å²) >= 11 is 5.93. The maximum absolute atomic E-state index is 12.5. The Kier molecular flexibility index (Phi) is 7.06. The molecule has 1 atom stereocenters. The number of aliphatic hydroxyl groups is 1. The summed E-state index contributed by atoms with van der Waals surface area (Å²) in [5, 5.41) is 21.4. The van der Waals surface area contributed by atoms with Crippen LogP contribution in [0.5, 0.6) is 0 Å². The number of aryl methyl sites for hydroxylation is 2. The molecule has 0 aliphatic rings. The number of imidazole rings is 1. The van der Waals surface area contributed by atoms with Crippen LogP contribution in [0.4, 0.5) is 0 Å². The fourth-order valence-electron chi connectivity index (χ4n) is 3.65. The van der Waals surface area contributed by atoms with E-state index in [1.54, 1.807) is 74.3 Å². The van der Waals surface area contributed by atoms with Gasteiger partial charge in [0, 0.05) is 43.0 Å². The predicted octanol–water partition coefficient (Wildman–Crippen LogP) is 4.63. The van der Waals surface area contributed by atoms with E-state index in [9.17, 15) is 15.2 Å². The number of hydrogen-bond acceptors (Lipinski definition) is 5. The minimum atomic E-state index is -0.938. The largest absolute Gasteiger partial charge is 0.382 e. The van der Waals surface area contributed by atoms with Gasteiger partial charge in [-0.25, -0.2) is 4.98 Å². The Morgan fingerprint density at radius 1 is 1.09 bits per heavy atom. The standard InChI is InChI=1S/C23H16ClN3O2.C4H6N2/c1-27-21-13-26-20(23(29)15-5-7-17(24)8-6-15)10-19(21)18(11-22(27)28)16-4-2-3-14(9-16)12-25;1-6-3-2-5-4-6/h2-11,13,23,29H,1H3;2-4H,1H3. The third-order valence-corrected chi connectivity index (χ3v) is 5.81. The van der Waals surface area contributed by atoms with Gasteiger partial charge in [-0.2, -0.15) is 5.26 Å². The number of aromatic nitrogens is 4. The Morgan fingerprint density at radius 2 is 1.86 bits per heavy atom. The number of nitriles is 1. The number of pyridine rings is 2. The molecule has 0 aliphatic carbocycles. The highest BCUT2D eigenvalue weighted by molar-refractivity contribution is 6.30. The van der Waals surface area contributed by atoms with Gasteiger partial charge in [-0.15, -0.1) is 0 Å². The quantitative estimate of drug-likeness (QED) is 0.403. The molecule has 1 N–H and O–H groups in total. The highest BCUT2D eigenvalue weighted by atomic mass is 35.5. The van der Waals surface area contributed by atoms with E-state index in [0.717, 1.165) is 10.9 Å². The maximum atomic E-state index is 12.5. The Balaban J connectivity index is 0.000000421. The van der Waals surface area contributed by atoms with E-state index in [-0.39, 0.29) is 5.56 Å². The first-order valence-electron chi connectivity index (χ1n) is 10.7. The summed E-state index contributed by atoms with van der Waals surface area (Å²) in [5.41, 5.74) is 3.53. The topological polar surface area (TPSA) is 96.7 Å². The summed E-state index contributed by atoms with van der Waals surface area (Å²) in [7, 11) is 3.62. The summed E-state index contributed by atoms with van der Waals surface area (Å²) < 4.78 is 3.40. The van der Waals surface area contributed by atoms with Gasteiger partial charge in [0.25, 0.3) is 5.56 Å². The molecule has 8 heteroatoms. The summed E-state index contributed by atoms with van der Waals surface area (Å²) in [6.07, 6.45) is 6.04. The minimum absolute atomic E-state index is 0.178. The van der Waals surface area contributed by atoms with Crippen molar-refractivity contribution in [2.45, 2.75) is 6.10 Å². The van der Waals surface area contributed by atoms with E-state index in [1.807, 2.05) is 23.9 Å². The minimum Gasteiger partial charge on any atom is -0.382 e. The van der Waals surface area contributed by atoms with Gasteiger partial charge in [0.15, 0.2) is 0 Å². The van der Waals surface area contributed by atoms with Crippen molar-refractivity contribution in [2.75, 3.05) is 0 Å². The molecular formula is C27H22ClN5O2. The fraction of sp³-hybridized carbons (Fsp3) is 0.111. The lowest BCUT2D eigenvalue weighted by Gasteiger charge is -2.15. The lowest BCUT2D eigenvalue weighted by molar-refractivity contribution is 0.215. The average molecular weight is 484 g/mol.